The van der Waals surface area contributed by atoms with Crippen LogP contribution in [0, 0.1) is 0 Å². The number of nitrogens with zero attached hydrogens (tertiary/aromatic N) is 1. The molecule has 3 rings (SSSR count). The highest BCUT2D eigenvalue weighted by Crippen LogP contribution is 2.17. The van der Waals surface area contributed by atoms with E-state index in [1.54, 1.807) is 24.4 Å². The molecule has 152 valence electrons. The Kier molecular flexibility index (Phi) is 6.02. The van der Waals surface area contributed by atoms with Crippen LogP contribution in [-0.4, -0.2) is 35.3 Å². The van der Waals surface area contributed by atoms with Crippen molar-refractivity contribution in [3.63, 3.8) is 0 Å². The Bertz CT molecular complexity index is 1120. The highest BCUT2D eigenvalue weighted by atomic mass is 16.5. The molecule has 0 aliphatic heterocycles. The Balaban J connectivity index is 1.62. The molecule has 2 aromatic carbocycles. The van der Waals surface area contributed by atoms with Crippen molar-refractivity contribution in [1.82, 2.24) is 4.98 Å². The van der Waals surface area contributed by atoms with Gasteiger partial charge in [0, 0.05) is 28.4 Å². The van der Waals surface area contributed by atoms with E-state index in [2.05, 4.69) is 10.3 Å². The fourth-order valence-corrected chi connectivity index (χ4v) is 2.84. The van der Waals surface area contributed by atoms with Gasteiger partial charge in [-0.05, 0) is 29.8 Å². The largest absolute Gasteiger partial charge is 0.455 e. The maximum atomic E-state index is 12.1. The van der Waals surface area contributed by atoms with E-state index in [0.717, 1.165) is 5.39 Å². The standard InChI is InChI=1S/C21H18N4O5/c22-20(28)14-7-15(21(23)29)9-16(8-14)25-17(26)11-30-18(27)10-13-4-1-3-12-5-2-6-24-19(12)13/h1-9H,10-11H2,(H2,22,28)(H2,23,29)(H,25,26). The molecule has 1 heterocycles. The molecule has 0 atom stereocenters. The number of nitrogens with one attached hydrogen (secondary N) is 1. The summed E-state index contributed by atoms with van der Waals surface area (Å²) in [6.45, 7) is -0.552. The van der Waals surface area contributed by atoms with E-state index in [-0.39, 0.29) is 23.2 Å². The van der Waals surface area contributed by atoms with Crippen LogP contribution in [0.1, 0.15) is 26.3 Å². The maximum absolute atomic E-state index is 12.1. The highest BCUT2D eigenvalue weighted by molar-refractivity contribution is 6.02. The van der Waals surface area contributed by atoms with Crippen molar-refractivity contribution in [3.05, 3.63) is 71.4 Å². The van der Waals surface area contributed by atoms with Crippen molar-refractivity contribution < 1.29 is 23.9 Å². The number of aromatic nitrogens is 1. The molecule has 0 unspecified atom stereocenters. The Morgan fingerprint density at radius 1 is 0.933 bits per heavy atom. The molecule has 0 aliphatic rings. The summed E-state index contributed by atoms with van der Waals surface area (Å²) in [5.74, 6) is -2.84. The van der Waals surface area contributed by atoms with Crippen LogP contribution >= 0.6 is 0 Å². The molecule has 0 bridgehead atoms. The van der Waals surface area contributed by atoms with E-state index in [0.29, 0.717) is 11.1 Å². The topological polar surface area (TPSA) is 154 Å². The Morgan fingerprint density at radius 3 is 2.27 bits per heavy atom. The number of primary amides is 2. The van der Waals surface area contributed by atoms with Crippen molar-refractivity contribution in [2.75, 3.05) is 11.9 Å². The number of amides is 3. The van der Waals surface area contributed by atoms with Crippen LogP contribution in [0.25, 0.3) is 10.9 Å². The molecule has 5 N–H and O–H groups in total. The fraction of sp³-hybridized carbons (Fsp3) is 0.0952. The lowest BCUT2D eigenvalue weighted by Gasteiger charge is -2.09. The zero-order chi connectivity index (χ0) is 21.7. The number of esters is 1. The van der Waals surface area contributed by atoms with Gasteiger partial charge in [-0.15, -0.1) is 0 Å². The molecular formula is C21H18N4O5. The molecule has 1 aromatic heterocycles. The summed E-state index contributed by atoms with van der Waals surface area (Å²) in [5, 5.41) is 3.33. The van der Waals surface area contributed by atoms with Crippen molar-refractivity contribution in [3.8, 4) is 0 Å². The summed E-state index contributed by atoms with van der Waals surface area (Å²) in [7, 11) is 0. The van der Waals surface area contributed by atoms with Gasteiger partial charge in [-0.25, -0.2) is 0 Å². The predicted octanol–water partition coefficient (Wildman–Crippen LogP) is 1.16. The summed E-state index contributed by atoms with van der Waals surface area (Å²) in [6.07, 6.45) is 1.58. The molecule has 9 nitrogen and oxygen atoms in total. The van der Waals surface area contributed by atoms with Crippen molar-refractivity contribution >= 4 is 40.3 Å². The second-order valence-corrected chi connectivity index (χ2v) is 6.41. The number of benzene rings is 2. The number of anilines is 1. The predicted molar refractivity (Wildman–Crippen MR) is 109 cm³/mol. The van der Waals surface area contributed by atoms with Crippen LogP contribution in [0.2, 0.25) is 0 Å². The number of rotatable bonds is 7. The second kappa shape index (κ2) is 8.82. The van der Waals surface area contributed by atoms with E-state index in [9.17, 15) is 19.2 Å². The summed E-state index contributed by atoms with van der Waals surface area (Å²) >= 11 is 0. The Hall–Kier alpha value is -4.27. The van der Waals surface area contributed by atoms with E-state index in [1.807, 2.05) is 12.1 Å². The number of pyridine rings is 1. The van der Waals surface area contributed by atoms with Crippen LogP contribution in [0.4, 0.5) is 5.69 Å². The molecule has 0 spiro atoms. The van der Waals surface area contributed by atoms with Crippen LogP contribution in [0.15, 0.2) is 54.7 Å². The van der Waals surface area contributed by atoms with Gasteiger partial charge in [-0.1, -0.05) is 24.3 Å². The first-order valence-electron chi connectivity index (χ1n) is 8.86. The van der Waals surface area contributed by atoms with Crippen LogP contribution in [0.3, 0.4) is 0 Å². The zero-order valence-electron chi connectivity index (χ0n) is 15.8. The van der Waals surface area contributed by atoms with Crippen LogP contribution in [0.5, 0.6) is 0 Å². The number of fused-ring (bicyclic) bond motifs is 1. The van der Waals surface area contributed by atoms with Gasteiger partial charge in [0.2, 0.25) is 11.8 Å². The molecular weight excluding hydrogens is 388 g/mol. The highest BCUT2D eigenvalue weighted by Gasteiger charge is 2.14. The van der Waals surface area contributed by atoms with Gasteiger partial charge in [0.05, 0.1) is 11.9 Å². The average Bonchev–Trinajstić information content (AvgIpc) is 2.72. The van der Waals surface area contributed by atoms with Crippen molar-refractivity contribution in [2.45, 2.75) is 6.42 Å². The number of para-hydroxylation sites is 1. The molecule has 0 saturated carbocycles. The first kappa shape index (κ1) is 20.5. The molecule has 3 amide bonds. The van der Waals surface area contributed by atoms with E-state index < -0.39 is 30.3 Å². The Morgan fingerprint density at radius 2 is 1.60 bits per heavy atom. The summed E-state index contributed by atoms with van der Waals surface area (Å²) in [6, 6.07) is 12.9. The molecule has 0 fully saturated rings. The van der Waals surface area contributed by atoms with E-state index in [4.69, 9.17) is 16.2 Å². The van der Waals surface area contributed by atoms with Crippen LogP contribution in [-0.2, 0) is 20.7 Å². The van der Waals surface area contributed by atoms with Gasteiger partial charge in [0.1, 0.15) is 0 Å². The monoisotopic (exact) mass is 406 g/mol. The number of carbonyl (C=O) groups is 4. The minimum atomic E-state index is -0.788. The second-order valence-electron chi connectivity index (χ2n) is 6.41. The van der Waals surface area contributed by atoms with Crippen LogP contribution < -0.4 is 16.8 Å². The Labute approximate surface area is 171 Å². The van der Waals surface area contributed by atoms with E-state index >= 15 is 0 Å². The number of nitrogens with two attached hydrogens (primary N) is 2. The van der Waals surface area contributed by atoms with Crippen molar-refractivity contribution in [1.29, 1.82) is 0 Å². The first-order valence-corrected chi connectivity index (χ1v) is 8.86. The minimum absolute atomic E-state index is 0.00190. The lowest BCUT2D eigenvalue weighted by Crippen LogP contribution is -2.23. The molecule has 3 aromatic rings. The normalized spacial score (nSPS) is 10.4. The lowest BCUT2D eigenvalue weighted by molar-refractivity contribution is -0.146. The summed E-state index contributed by atoms with van der Waals surface area (Å²) in [5.41, 5.74) is 11.9. The number of hydrogen-bond acceptors (Lipinski definition) is 6. The summed E-state index contributed by atoms with van der Waals surface area (Å²) < 4.78 is 5.02. The molecule has 9 heteroatoms. The molecule has 0 aliphatic carbocycles. The first-order chi connectivity index (χ1) is 14.3. The van der Waals surface area contributed by atoms with E-state index in [1.165, 1.54) is 18.2 Å². The third kappa shape index (κ3) is 4.96. The van der Waals surface area contributed by atoms with Gasteiger partial charge in [0.15, 0.2) is 6.61 Å². The SMILES string of the molecule is NC(=O)c1cc(NC(=O)COC(=O)Cc2cccc3cccnc23)cc(C(N)=O)c1. The van der Waals surface area contributed by atoms with Gasteiger partial charge in [0.25, 0.3) is 5.91 Å². The van der Waals surface area contributed by atoms with Crippen molar-refractivity contribution in [2.24, 2.45) is 11.5 Å². The molecule has 0 saturated heterocycles. The van der Waals surface area contributed by atoms with Gasteiger partial charge < -0.3 is 21.5 Å². The van der Waals surface area contributed by atoms with Gasteiger partial charge in [-0.2, -0.15) is 0 Å². The number of carbonyl (C=O) groups excluding carboxylic acids is 4. The zero-order valence-corrected chi connectivity index (χ0v) is 15.8. The smallest absolute Gasteiger partial charge is 0.310 e. The van der Waals surface area contributed by atoms with Gasteiger partial charge >= 0.3 is 5.97 Å². The minimum Gasteiger partial charge on any atom is -0.455 e. The summed E-state index contributed by atoms with van der Waals surface area (Å²) in [4.78, 5) is 51.3. The number of hydrogen-bond donors (Lipinski definition) is 3. The molecule has 30 heavy (non-hydrogen) atoms. The quantitative estimate of drug-likeness (QED) is 0.500. The maximum Gasteiger partial charge on any atom is 0.310 e. The third-order valence-corrected chi connectivity index (χ3v) is 4.20. The number of ether oxygens (including phenoxy) is 1. The molecule has 0 radical (unpaired) electrons. The average molecular weight is 406 g/mol. The fourth-order valence-electron chi connectivity index (χ4n) is 2.84. The van der Waals surface area contributed by atoms with Gasteiger partial charge in [-0.3, -0.25) is 24.2 Å². The third-order valence-electron chi connectivity index (χ3n) is 4.20. The lowest BCUT2D eigenvalue weighted by atomic mass is 10.1.